The Morgan fingerprint density at radius 3 is 2.47 bits per heavy atom. The third kappa shape index (κ3) is 3.80. The second-order valence-electron chi connectivity index (χ2n) is 7.65. The molecular formula is C27H23N3O3S. The van der Waals surface area contributed by atoms with E-state index < -0.39 is 0 Å². The van der Waals surface area contributed by atoms with Crippen LogP contribution in [0.25, 0.3) is 27.3 Å². The van der Waals surface area contributed by atoms with Crippen molar-refractivity contribution >= 4 is 28.3 Å². The molecule has 2 N–H and O–H groups in total. The fourth-order valence-corrected chi connectivity index (χ4v) is 4.87. The molecule has 0 amide bonds. The highest BCUT2D eigenvalue weighted by Crippen LogP contribution is 2.39. The summed E-state index contributed by atoms with van der Waals surface area (Å²) in [5, 5.41) is 2.76. The zero-order chi connectivity index (χ0) is 23.7. The molecule has 0 spiro atoms. The van der Waals surface area contributed by atoms with Crippen LogP contribution >= 0.6 is 11.3 Å². The molecule has 5 aromatic rings. The van der Waals surface area contributed by atoms with Crippen LogP contribution in [0.2, 0.25) is 0 Å². The van der Waals surface area contributed by atoms with Crippen LogP contribution < -0.4 is 15.2 Å². The topological polar surface area (TPSA) is 78.9 Å². The maximum Gasteiger partial charge on any atom is 0.211 e. The van der Waals surface area contributed by atoms with Gasteiger partial charge in [0.05, 0.1) is 36.2 Å². The van der Waals surface area contributed by atoms with E-state index in [1.54, 1.807) is 31.4 Å². The summed E-state index contributed by atoms with van der Waals surface area (Å²) in [6.07, 6.45) is 1.86. The summed E-state index contributed by atoms with van der Waals surface area (Å²) in [4.78, 5) is 18.4. The minimum Gasteiger partial charge on any atom is -0.497 e. The number of pyridine rings is 1. The van der Waals surface area contributed by atoms with Crippen molar-refractivity contribution in [2.24, 2.45) is 0 Å². The van der Waals surface area contributed by atoms with Crippen molar-refractivity contribution in [3.8, 4) is 33.3 Å². The summed E-state index contributed by atoms with van der Waals surface area (Å²) in [5.41, 5.74) is 11.5. The molecule has 0 saturated heterocycles. The number of carbonyl (C=O) groups excluding carboxylic acids is 1. The van der Waals surface area contributed by atoms with Crippen LogP contribution in [0, 0.1) is 0 Å². The molecule has 0 radical (unpaired) electrons. The van der Waals surface area contributed by atoms with Crippen molar-refractivity contribution in [2.75, 3.05) is 19.5 Å². The number of nitrogens with zero attached hydrogens (tertiary/aromatic N) is 2. The number of anilines is 1. The average Bonchev–Trinajstić information content (AvgIpc) is 3.46. The fourth-order valence-electron chi connectivity index (χ4n) is 3.97. The maximum atomic E-state index is 13.5. The largest absolute Gasteiger partial charge is 0.497 e. The molecule has 3 heterocycles. The summed E-state index contributed by atoms with van der Waals surface area (Å²) >= 11 is 1.50. The van der Waals surface area contributed by atoms with Crippen LogP contribution in [0.3, 0.4) is 0 Å². The quantitative estimate of drug-likeness (QED) is 0.298. The summed E-state index contributed by atoms with van der Waals surface area (Å²) in [7, 11) is 1.64. The standard InChI is InChI=1S/C27H23N3O3S/c1-3-33-20-13-9-18(10-14-20)26(31)25-24(28)23(22-6-4-5-15-30(22)25)27-29-21(16-34-27)17-7-11-19(32-2)12-8-17/h4-16H,3,28H2,1-2H3. The first kappa shape index (κ1) is 21.7. The Morgan fingerprint density at radius 2 is 1.76 bits per heavy atom. The van der Waals surface area contributed by atoms with Crippen LogP contribution in [0.4, 0.5) is 5.69 Å². The number of hydrogen-bond acceptors (Lipinski definition) is 6. The number of nitrogens with two attached hydrogens (primary N) is 1. The van der Waals surface area contributed by atoms with Gasteiger partial charge in [-0.15, -0.1) is 11.3 Å². The first-order chi connectivity index (χ1) is 16.6. The van der Waals surface area contributed by atoms with E-state index in [0.717, 1.165) is 38.8 Å². The zero-order valence-electron chi connectivity index (χ0n) is 18.8. The molecule has 3 aromatic heterocycles. The molecule has 0 aliphatic heterocycles. The molecular weight excluding hydrogens is 446 g/mol. The highest BCUT2D eigenvalue weighted by molar-refractivity contribution is 7.13. The third-order valence-electron chi connectivity index (χ3n) is 5.63. The van der Waals surface area contributed by atoms with E-state index >= 15 is 0 Å². The molecule has 6 nitrogen and oxygen atoms in total. The minimum absolute atomic E-state index is 0.153. The average molecular weight is 470 g/mol. The number of fused-ring (bicyclic) bond motifs is 1. The summed E-state index contributed by atoms with van der Waals surface area (Å²) in [5.74, 6) is 1.36. The van der Waals surface area contributed by atoms with E-state index in [1.165, 1.54) is 11.3 Å². The number of benzene rings is 2. The van der Waals surface area contributed by atoms with Gasteiger partial charge < -0.3 is 19.6 Å². The molecule has 0 atom stereocenters. The highest BCUT2D eigenvalue weighted by atomic mass is 32.1. The van der Waals surface area contributed by atoms with Gasteiger partial charge in [-0.25, -0.2) is 4.98 Å². The normalized spacial score (nSPS) is 11.0. The van der Waals surface area contributed by atoms with Crippen molar-refractivity contribution in [2.45, 2.75) is 6.92 Å². The molecule has 0 aliphatic carbocycles. The predicted molar refractivity (Wildman–Crippen MR) is 136 cm³/mol. The maximum absolute atomic E-state index is 13.5. The molecule has 0 fully saturated rings. The van der Waals surface area contributed by atoms with Crippen LogP contribution in [0.1, 0.15) is 23.0 Å². The first-order valence-corrected chi connectivity index (χ1v) is 11.7. The van der Waals surface area contributed by atoms with Gasteiger partial charge in [0.25, 0.3) is 0 Å². The second-order valence-corrected chi connectivity index (χ2v) is 8.50. The number of ketones is 1. The lowest BCUT2D eigenvalue weighted by Crippen LogP contribution is -2.08. The Bertz CT molecular complexity index is 1470. The summed E-state index contributed by atoms with van der Waals surface area (Å²) in [6.45, 7) is 2.49. The van der Waals surface area contributed by atoms with Gasteiger partial charge in [-0.2, -0.15) is 0 Å². The molecule has 0 saturated carbocycles. The Kier molecular flexibility index (Phi) is 5.77. The van der Waals surface area contributed by atoms with Gasteiger partial charge in [0.2, 0.25) is 5.78 Å². The van der Waals surface area contributed by atoms with Crippen molar-refractivity contribution < 1.29 is 14.3 Å². The van der Waals surface area contributed by atoms with Crippen molar-refractivity contribution in [3.63, 3.8) is 0 Å². The molecule has 34 heavy (non-hydrogen) atoms. The van der Waals surface area contributed by atoms with Crippen molar-refractivity contribution in [1.29, 1.82) is 0 Å². The molecule has 5 rings (SSSR count). The van der Waals surface area contributed by atoms with E-state index in [2.05, 4.69) is 0 Å². The Morgan fingerprint density at radius 1 is 1.03 bits per heavy atom. The summed E-state index contributed by atoms with van der Waals surface area (Å²) in [6, 6.07) is 20.6. The first-order valence-electron chi connectivity index (χ1n) is 10.9. The lowest BCUT2D eigenvalue weighted by atomic mass is 10.1. The van der Waals surface area contributed by atoms with Gasteiger partial charge in [-0.3, -0.25) is 4.79 Å². The Hall–Kier alpha value is -4.10. The predicted octanol–water partition coefficient (Wildman–Crippen LogP) is 5.95. The van der Waals surface area contributed by atoms with Gasteiger partial charge in [-0.05, 0) is 67.6 Å². The van der Waals surface area contributed by atoms with Crippen LogP contribution in [-0.4, -0.2) is 28.9 Å². The van der Waals surface area contributed by atoms with Gasteiger partial charge in [0.1, 0.15) is 22.2 Å². The number of aromatic nitrogens is 2. The van der Waals surface area contributed by atoms with E-state index in [-0.39, 0.29) is 5.78 Å². The number of methoxy groups -OCH3 is 1. The van der Waals surface area contributed by atoms with Gasteiger partial charge in [0.15, 0.2) is 0 Å². The van der Waals surface area contributed by atoms with Gasteiger partial charge in [0, 0.05) is 22.7 Å². The molecule has 7 heteroatoms. The number of hydrogen-bond donors (Lipinski definition) is 1. The lowest BCUT2D eigenvalue weighted by molar-refractivity contribution is 0.103. The van der Waals surface area contributed by atoms with Crippen LogP contribution in [0.15, 0.2) is 78.3 Å². The van der Waals surface area contributed by atoms with Crippen LogP contribution in [-0.2, 0) is 0 Å². The highest BCUT2D eigenvalue weighted by Gasteiger charge is 2.25. The van der Waals surface area contributed by atoms with Crippen LogP contribution in [0.5, 0.6) is 11.5 Å². The molecule has 0 bridgehead atoms. The third-order valence-corrected chi connectivity index (χ3v) is 6.49. The van der Waals surface area contributed by atoms with Gasteiger partial charge >= 0.3 is 0 Å². The number of thiazole rings is 1. The van der Waals surface area contributed by atoms with E-state index in [1.807, 2.05) is 65.4 Å². The smallest absolute Gasteiger partial charge is 0.211 e. The molecule has 170 valence electrons. The van der Waals surface area contributed by atoms with E-state index in [0.29, 0.717) is 23.6 Å². The second kappa shape index (κ2) is 9.03. The number of rotatable bonds is 7. The minimum atomic E-state index is -0.153. The van der Waals surface area contributed by atoms with E-state index in [4.69, 9.17) is 20.2 Å². The fraction of sp³-hybridized carbons (Fsp3) is 0.111. The lowest BCUT2D eigenvalue weighted by Gasteiger charge is -2.06. The molecule has 0 aliphatic rings. The Balaban J connectivity index is 1.58. The monoisotopic (exact) mass is 469 g/mol. The van der Waals surface area contributed by atoms with Crippen molar-refractivity contribution in [3.05, 3.63) is 89.6 Å². The molecule has 2 aromatic carbocycles. The van der Waals surface area contributed by atoms with E-state index in [9.17, 15) is 4.79 Å². The van der Waals surface area contributed by atoms with Gasteiger partial charge in [-0.1, -0.05) is 6.07 Å². The number of carbonyl (C=O) groups is 1. The summed E-state index contributed by atoms with van der Waals surface area (Å²) < 4.78 is 12.6. The van der Waals surface area contributed by atoms with Crippen molar-refractivity contribution in [1.82, 2.24) is 9.38 Å². The molecule has 0 unspecified atom stereocenters. The Labute approximate surface area is 201 Å². The number of nitrogen functional groups attached to an aromatic ring is 1. The SMILES string of the molecule is CCOc1ccc(C(=O)c2c(N)c(-c3nc(-c4ccc(OC)cc4)cs3)c3ccccn23)cc1. The number of ether oxygens (including phenoxy) is 2. The zero-order valence-corrected chi connectivity index (χ0v) is 19.6.